The molecule has 6 heteroatoms. The molecule has 0 radical (unpaired) electrons. The minimum Gasteiger partial charge on any atom is -0.397 e. The molecule has 4 nitrogen and oxygen atoms in total. The Morgan fingerprint density at radius 3 is 2.35 bits per heavy atom. The summed E-state index contributed by atoms with van der Waals surface area (Å²) in [6, 6.07) is 1.09. The first-order valence-electron chi connectivity index (χ1n) is 6.29. The standard InChI is InChI=1S/C11H24O4Si.H4Si/c1-3-14-16(15-4-2)8-6-5-7-12-9-11-10-13-11;/h11,16H,3-10H2,1-2H3;1H4. The largest absolute Gasteiger partial charge is 0.397 e. The Bertz CT molecular complexity index is 162. The molecule has 1 rings (SSSR count). The van der Waals surface area contributed by atoms with Crippen LogP contribution in [0.2, 0.25) is 6.04 Å². The van der Waals surface area contributed by atoms with E-state index in [1.54, 1.807) is 0 Å². The molecule has 1 unspecified atom stereocenters. The molecule has 1 aliphatic rings. The second-order valence-corrected chi connectivity index (χ2v) is 5.97. The molecule has 1 fully saturated rings. The second-order valence-electron chi connectivity index (χ2n) is 3.87. The zero-order valence-electron chi connectivity index (χ0n) is 10.4. The number of unbranched alkanes of at least 4 members (excludes halogenated alkanes) is 1. The van der Waals surface area contributed by atoms with Gasteiger partial charge in [0, 0.05) is 19.8 Å². The van der Waals surface area contributed by atoms with Gasteiger partial charge in [0.15, 0.2) is 0 Å². The van der Waals surface area contributed by atoms with Gasteiger partial charge in [0.25, 0.3) is 0 Å². The Balaban J connectivity index is 0.00000256. The van der Waals surface area contributed by atoms with Crippen LogP contribution < -0.4 is 0 Å². The van der Waals surface area contributed by atoms with Crippen LogP contribution in [-0.4, -0.2) is 59.4 Å². The molecule has 0 saturated carbocycles. The van der Waals surface area contributed by atoms with E-state index in [0.717, 1.165) is 51.9 Å². The summed E-state index contributed by atoms with van der Waals surface area (Å²) in [4.78, 5) is 0. The summed E-state index contributed by atoms with van der Waals surface area (Å²) in [5.74, 6) is 0. The van der Waals surface area contributed by atoms with E-state index < -0.39 is 9.28 Å². The SMILES string of the molecule is CCO[SiH](CCCCOCC1CO1)OCC.[SiH4]. The van der Waals surface area contributed by atoms with Gasteiger partial charge in [0.05, 0.1) is 13.2 Å². The third-order valence-electron chi connectivity index (χ3n) is 2.39. The van der Waals surface area contributed by atoms with Gasteiger partial charge in [-0.3, -0.25) is 0 Å². The fourth-order valence-electron chi connectivity index (χ4n) is 1.48. The van der Waals surface area contributed by atoms with Gasteiger partial charge in [-0.15, -0.1) is 0 Å². The Morgan fingerprint density at radius 2 is 1.82 bits per heavy atom. The van der Waals surface area contributed by atoms with Crippen molar-refractivity contribution in [1.29, 1.82) is 0 Å². The van der Waals surface area contributed by atoms with Crippen molar-refractivity contribution in [3.8, 4) is 0 Å². The lowest BCUT2D eigenvalue weighted by Gasteiger charge is -2.14. The van der Waals surface area contributed by atoms with E-state index in [-0.39, 0.29) is 11.0 Å². The normalized spacial score (nSPS) is 18.2. The molecule has 0 aromatic heterocycles. The summed E-state index contributed by atoms with van der Waals surface area (Å²) in [6.07, 6.45) is 2.62. The molecule has 0 aromatic rings. The summed E-state index contributed by atoms with van der Waals surface area (Å²) in [6.45, 7) is 8.06. The minimum atomic E-state index is -1.37. The lowest BCUT2D eigenvalue weighted by molar-refractivity contribution is 0.113. The van der Waals surface area contributed by atoms with E-state index in [2.05, 4.69) is 0 Å². The van der Waals surface area contributed by atoms with E-state index in [4.69, 9.17) is 18.3 Å². The Hall–Kier alpha value is 0.274. The molecule has 0 aromatic carbocycles. The molecule has 0 amide bonds. The van der Waals surface area contributed by atoms with Crippen LogP contribution in [0.5, 0.6) is 0 Å². The lowest BCUT2D eigenvalue weighted by Crippen LogP contribution is -2.22. The first-order chi connectivity index (χ1) is 7.86. The van der Waals surface area contributed by atoms with Gasteiger partial charge in [-0.1, -0.05) is 0 Å². The zero-order valence-corrected chi connectivity index (χ0v) is 11.6. The predicted molar refractivity (Wildman–Crippen MR) is 76.3 cm³/mol. The Morgan fingerprint density at radius 1 is 1.18 bits per heavy atom. The van der Waals surface area contributed by atoms with Crippen LogP contribution in [0.1, 0.15) is 26.7 Å². The number of epoxide rings is 1. The highest BCUT2D eigenvalue weighted by molar-refractivity contribution is 6.44. The molecular weight excluding hydrogens is 252 g/mol. The molecule has 1 heterocycles. The van der Waals surface area contributed by atoms with Crippen molar-refractivity contribution in [1.82, 2.24) is 0 Å². The molecule has 0 bridgehead atoms. The first kappa shape index (κ1) is 17.3. The maximum atomic E-state index is 5.59. The Kier molecular flexibility index (Phi) is 11.6. The number of hydrogen-bond donors (Lipinski definition) is 0. The van der Waals surface area contributed by atoms with Crippen molar-refractivity contribution in [2.45, 2.75) is 38.8 Å². The summed E-state index contributed by atoms with van der Waals surface area (Å²) < 4.78 is 21.7. The summed E-state index contributed by atoms with van der Waals surface area (Å²) in [7, 11) is -1.37. The van der Waals surface area contributed by atoms with Gasteiger partial charge >= 0.3 is 9.28 Å². The quantitative estimate of drug-likeness (QED) is 0.304. The van der Waals surface area contributed by atoms with Gasteiger partial charge in [0.1, 0.15) is 6.10 Å². The summed E-state index contributed by atoms with van der Waals surface area (Å²) in [5, 5.41) is 0. The minimum absolute atomic E-state index is 0. The topological polar surface area (TPSA) is 40.2 Å². The van der Waals surface area contributed by atoms with Crippen LogP contribution in [-0.2, 0) is 18.3 Å². The fourth-order valence-corrected chi connectivity index (χ4v) is 3.28. The highest BCUT2D eigenvalue weighted by Crippen LogP contribution is 2.09. The molecule has 1 atom stereocenters. The molecule has 0 aliphatic carbocycles. The van der Waals surface area contributed by atoms with Crippen LogP contribution >= 0.6 is 0 Å². The van der Waals surface area contributed by atoms with E-state index in [1.165, 1.54) is 0 Å². The van der Waals surface area contributed by atoms with Crippen LogP contribution in [0.15, 0.2) is 0 Å². The highest BCUT2D eigenvalue weighted by atomic mass is 28.3. The maximum Gasteiger partial charge on any atom is 0.321 e. The van der Waals surface area contributed by atoms with Crippen LogP contribution in [0.4, 0.5) is 0 Å². The van der Waals surface area contributed by atoms with E-state index in [1.807, 2.05) is 13.8 Å². The molecule has 0 N–H and O–H groups in total. The predicted octanol–water partition coefficient (Wildman–Crippen LogP) is 0.0239. The van der Waals surface area contributed by atoms with Crippen molar-refractivity contribution >= 4 is 20.2 Å². The van der Waals surface area contributed by atoms with E-state index in [0.29, 0.717) is 6.10 Å². The van der Waals surface area contributed by atoms with E-state index in [9.17, 15) is 0 Å². The van der Waals surface area contributed by atoms with Gasteiger partial charge in [-0.2, -0.15) is 0 Å². The highest BCUT2D eigenvalue weighted by Gasteiger charge is 2.22. The zero-order chi connectivity index (χ0) is 11.6. The molecule has 0 spiro atoms. The molecule has 17 heavy (non-hydrogen) atoms. The summed E-state index contributed by atoms with van der Waals surface area (Å²) in [5.41, 5.74) is 0. The van der Waals surface area contributed by atoms with Crippen molar-refractivity contribution in [2.75, 3.05) is 33.0 Å². The van der Waals surface area contributed by atoms with E-state index >= 15 is 0 Å². The van der Waals surface area contributed by atoms with Crippen molar-refractivity contribution in [3.63, 3.8) is 0 Å². The molecular formula is C11H28O4Si2. The second kappa shape index (κ2) is 11.4. The first-order valence-corrected chi connectivity index (χ1v) is 8.05. The van der Waals surface area contributed by atoms with Crippen LogP contribution in [0.25, 0.3) is 0 Å². The molecule has 104 valence electrons. The van der Waals surface area contributed by atoms with Gasteiger partial charge in [0.2, 0.25) is 0 Å². The van der Waals surface area contributed by atoms with Crippen molar-refractivity contribution < 1.29 is 18.3 Å². The van der Waals surface area contributed by atoms with Gasteiger partial charge in [-0.05, 0) is 43.7 Å². The third kappa shape index (κ3) is 9.93. The van der Waals surface area contributed by atoms with Crippen LogP contribution in [0, 0.1) is 0 Å². The van der Waals surface area contributed by atoms with Gasteiger partial charge < -0.3 is 18.3 Å². The van der Waals surface area contributed by atoms with Crippen molar-refractivity contribution in [3.05, 3.63) is 0 Å². The van der Waals surface area contributed by atoms with Crippen LogP contribution in [0.3, 0.4) is 0 Å². The van der Waals surface area contributed by atoms with Gasteiger partial charge in [-0.25, -0.2) is 0 Å². The fraction of sp³-hybridized carbons (Fsp3) is 1.00. The number of hydrogen-bond acceptors (Lipinski definition) is 4. The Labute approximate surface area is 111 Å². The monoisotopic (exact) mass is 280 g/mol. The smallest absolute Gasteiger partial charge is 0.321 e. The maximum absolute atomic E-state index is 5.59. The summed E-state index contributed by atoms with van der Waals surface area (Å²) >= 11 is 0. The molecule has 1 saturated heterocycles. The number of rotatable bonds is 11. The lowest BCUT2D eigenvalue weighted by atomic mass is 10.3. The van der Waals surface area contributed by atoms with Crippen molar-refractivity contribution in [2.24, 2.45) is 0 Å². The number of ether oxygens (including phenoxy) is 2. The average molecular weight is 281 g/mol. The average Bonchev–Trinajstić information content (AvgIpc) is 3.07. The third-order valence-corrected chi connectivity index (χ3v) is 4.68. The molecule has 1 aliphatic heterocycles.